The molecule has 5 heteroatoms. The number of hydrogen-bond donors (Lipinski definition) is 1. The van der Waals surface area contributed by atoms with Crippen molar-refractivity contribution in [2.24, 2.45) is 0 Å². The van der Waals surface area contributed by atoms with Gasteiger partial charge in [-0.1, -0.05) is 0 Å². The predicted molar refractivity (Wildman–Crippen MR) is 60.2 cm³/mol. The first kappa shape index (κ1) is 13.0. The summed E-state index contributed by atoms with van der Waals surface area (Å²) in [6, 6.07) is 0.283. The van der Waals surface area contributed by atoms with E-state index in [4.69, 9.17) is 5.11 Å². The fourth-order valence-corrected chi connectivity index (χ4v) is 1.99. The summed E-state index contributed by atoms with van der Waals surface area (Å²) in [6.07, 6.45) is 0.892. The summed E-state index contributed by atoms with van der Waals surface area (Å²) < 4.78 is 0. The second kappa shape index (κ2) is 5.84. The molecule has 0 spiro atoms. The van der Waals surface area contributed by atoms with Crippen molar-refractivity contribution in [1.29, 1.82) is 0 Å². The summed E-state index contributed by atoms with van der Waals surface area (Å²) in [5, 5.41) is 8.60. The minimum Gasteiger partial charge on any atom is -0.481 e. The van der Waals surface area contributed by atoms with Crippen LogP contribution in [0, 0.1) is 0 Å². The summed E-state index contributed by atoms with van der Waals surface area (Å²) in [6.45, 7) is 6.84. The summed E-state index contributed by atoms with van der Waals surface area (Å²) in [4.78, 5) is 25.7. The Labute approximate surface area is 96.0 Å². The van der Waals surface area contributed by atoms with Crippen molar-refractivity contribution in [2.75, 3.05) is 26.2 Å². The molecule has 0 aromatic carbocycles. The van der Waals surface area contributed by atoms with E-state index in [-0.39, 0.29) is 18.4 Å². The van der Waals surface area contributed by atoms with Gasteiger partial charge in [-0.25, -0.2) is 0 Å². The molecule has 92 valence electrons. The monoisotopic (exact) mass is 228 g/mol. The van der Waals surface area contributed by atoms with Crippen LogP contribution in [0.1, 0.15) is 26.7 Å². The lowest BCUT2D eigenvalue weighted by Crippen LogP contribution is -2.50. The molecule has 1 fully saturated rings. The normalized spacial score (nSPS) is 19.5. The van der Waals surface area contributed by atoms with E-state index >= 15 is 0 Å². The summed E-state index contributed by atoms with van der Waals surface area (Å²) >= 11 is 0. The van der Waals surface area contributed by atoms with Crippen LogP contribution in [0.2, 0.25) is 0 Å². The third kappa shape index (κ3) is 3.81. The van der Waals surface area contributed by atoms with Crippen LogP contribution >= 0.6 is 0 Å². The lowest BCUT2D eigenvalue weighted by Gasteiger charge is -2.37. The number of carboxylic acid groups (broad SMARTS) is 1. The van der Waals surface area contributed by atoms with Gasteiger partial charge in [-0.3, -0.25) is 14.5 Å². The number of hydrogen-bond acceptors (Lipinski definition) is 3. The lowest BCUT2D eigenvalue weighted by atomic mass is 10.1. The molecule has 0 aromatic heterocycles. The quantitative estimate of drug-likeness (QED) is 0.757. The third-order valence-electron chi connectivity index (χ3n) is 3.16. The topological polar surface area (TPSA) is 60.9 Å². The molecule has 0 saturated carbocycles. The van der Waals surface area contributed by atoms with Crippen molar-refractivity contribution in [3.05, 3.63) is 0 Å². The first-order chi connectivity index (χ1) is 7.50. The molecule has 1 saturated heterocycles. The summed E-state index contributed by atoms with van der Waals surface area (Å²) in [7, 11) is 0. The molecule has 5 nitrogen and oxygen atoms in total. The van der Waals surface area contributed by atoms with Crippen molar-refractivity contribution in [3.8, 4) is 0 Å². The number of aliphatic carboxylic acids is 1. The molecule has 0 aromatic rings. The predicted octanol–water partition coefficient (Wildman–Crippen LogP) is 0.404. The highest BCUT2D eigenvalue weighted by molar-refractivity contribution is 5.73. The van der Waals surface area contributed by atoms with Crippen LogP contribution in [0.15, 0.2) is 0 Å². The molecule has 1 aliphatic heterocycles. The highest BCUT2D eigenvalue weighted by Crippen LogP contribution is 2.10. The van der Waals surface area contributed by atoms with Crippen molar-refractivity contribution < 1.29 is 14.7 Å². The van der Waals surface area contributed by atoms with Crippen LogP contribution in [0.3, 0.4) is 0 Å². The van der Waals surface area contributed by atoms with Gasteiger partial charge in [0.1, 0.15) is 0 Å². The Morgan fingerprint density at radius 2 is 1.81 bits per heavy atom. The van der Waals surface area contributed by atoms with Crippen LogP contribution in [-0.2, 0) is 9.59 Å². The molecular weight excluding hydrogens is 208 g/mol. The first-order valence-corrected chi connectivity index (χ1v) is 5.72. The summed E-state index contributed by atoms with van der Waals surface area (Å²) in [5.74, 6) is -0.618. The van der Waals surface area contributed by atoms with Crippen molar-refractivity contribution in [1.82, 2.24) is 9.80 Å². The molecule has 16 heavy (non-hydrogen) atoms. The van der Waals surface area contributed by atoms with E-state index < -0.39 is 5.97 Å². The van der Waals surface area contributed by atoms with E-state index in [0.29, 0.717) is 6.42 Å². The van der Waals surface area contributed by atoms with Crippen LogP contribution in [0.5, 0.6) is 0 Å². The molecular formula is C11H20N2O3. The number of amides is 1. The second-order valence-corrected chi connectivity index (χ2v) is 4.32. The minimum absolute atomic E-state index is 0.123. The molecule has 1 aliphatic rings. The molecule has 0 bridgehead atoms. The van der Waals surface area contributed by atoms with E-state index in [0.717, 1.165) is 26.2 Å². The van der Waals surface area contributed by atoms with Gasteiger partial charge in [-0.2, -0.15) is 0 Å². The van der Waals surface area contributed by atoms with Crippen LogP contribution in [0.4, 0.5) is 0 Å². The van der Waals surface area contributed by atoms with Crippen LogP contribution in [0.25, 0.3) is 0 Å². The largest absolute Gasteiger partial charge is 0.481 e. The molecule has 1 heterocycles. The number of carbonyl (C=O) groups excluding carboxylic acids is 1. The number of piperazine rings is 1. The lowest BCUT2D eigenvalue weighted by molar-refractivity contribution is -0.137. The number of carbonyl (C=O) groups is 2. The number of nitrogens with zero attached hydrogens (tertiary/aromatic N) is 2. The van der Waals surface area contributed by atoms with E-state index in [1.165, 1.54) is 0 Å². The van der Waals surface area contributed by atoms with Gasteiger partial charge in [0.05, 0.1) is 0 Å². The Hall–Kier alpha value is -1.10. The molecule has 1 atom stereocenters. The zero-order valence-electron chi connectivity index (χ0n) is 9.98. The van der Waals surface area contributed by atoms with Gasteiger partial charge in [0.2, 0.25) is 5.91 Å². The molecule has 1 amide bonds. The molecule has 0 radical (unpaired) electrons. The zero-order valence-corrected chi connectivity index (χ0v) is 9.98. The maximum absolute atomic E-state index is 11.1. The molecule has 1 unspecified atom stereocenters. The SMILES string of the molecule is CC(=O)N1CCN(C(C)CCC(=O)O)CC1. The zero-order chi connectivity index (χ0) is 12.1. The fourth-order valence-electron chi connectivity index (χ4n) is 1.99. The maximum Gasteiger partial charge on any atom is 0.303 e. The van der Waals surface area contributed by atoms with Gasteiger partial charge >= 0.3 is 5.97 Å². The van der Waals surface area contributed by atoms with Crippen LogP contribution in [-0.4, -0.2) is 59.0 Å². The van der Waals surface area contributed by atoms with E-state index in [1.807, 2.05) is 11.8 Å². The van der Waals surface area contributed by atoms with Gasteiger partial charge in [0.25, 0.3) is 0 Å². The molecule has 1 N–H and O–H groups in total. The molecule has 1 rings (SSSR count). The Balaban J connectivity index is 2.30. The highest BCUT2D eigenvalue weighted by atomic mass is 16.4. The molecule has 0 aliphatic carbocycles. The smallest absolute Gasteiger partial charge is 0.303 e. The average Bonchev–Trinajstić information content (AvgIpc) is 2.26. The standard InChI is InChI=1S/C11H20N2O3/c1-9(3-4-11(15)16)12-5-7-13(8-6-12)10(2)14/h9H,3-8H2,1-2H3,(H,15,16). The van der Waals surface area contributed by atoms with Gasteiger partial charge in [0.15, 0.2) is 0 Å². The van der Waals surface area contributed by atoms with Crippen molar-refractivity contribution in [3.63, 3.8) is 0 Å². The minimum atomic E-state index is -0.741. The Morgan fingerprint density at radius 1 is 1.25 bits per heavy atom. The first-order valence-electron chi connectivity index (χ1n) is 5.72. The van der Waals surface area contributed by atoms with Gasteiger partial charge < -0.3 is 10.0 Å². The number of rotatable bonds is 4. The highest BCUT2D eigenvalue weighted by Gasteiger charge is 2.22. The fraction of sp³-hybridized carbons (Fsp3) is 0.818. The third-order valence-corrected chi connectivity index (χ3v) is 3.16. The van der Waals surface area contributed by atoms with Gasteiger partial charge in [0, 0.05) is 45.6 Å². The van der Waals surface area contributed by atoms with E-state index in [9.17, 15) is 9.59 Å². The van der Waals surface area contributed by atoms with E-state index in [1.54, 1.807) is 6.92 Å². The maximum atomic E-state index is 11.1. The Morgan fingerprint density at radius 3 is 2.25 bits per heavy atom. The number of carboxylic acids is 1. The van der Waals surface area contributed by atoms with Gasteiger partial charge in [-0.05, 0) is 13.3 Å². The van der Waals surface area contributed by atoms with Gasteiger partial charge in [-0.15, -0.1) is 0 Å². The van der Waals surface area contributed by atoms with Crippen molar-refractivity contribution >= 4 is 11.9 Å². The second-order valence-electron chi connectivity index (χ2n) is 4.32. The van der Waals surface area contributed by atoms with E-state index in [2.05, 4.69) is 4.90 Å². The van der Waals surface area contributed by atoms with Crippen LogP contribution < -0.4 is 0 Å². The summed E-state index contributed by atoms with van der Waals surface area (Å²) in [5.41, 5.74) is 0. The van der Waals surface area contributed by atoms with Crippen molar-refractivity contribution in [2.45, 2.75) is 32.7 Å². The Kier molecular flexibility index (Phi) is 4.73. The Bertz CT molecular complexity index is 260. The average molecular weight is 228 g/mol.